The van der Waals surface area contributed by atoms with Crippen LogP contribution >= 0.6 is 0 Å². The smallest absolute Gasteiger partial charge is 0.221 e. The number of aromatic nitrogens is 4. The van der Waals surface area contributed by atoms with Gasteiger partial charge >= 0.3 is 0 Å². The number of hydrogen-bond donors (Lipinski definition) is 2. The lowest BCUT2D eigenvalue weighted by Crippen LogP contribution is -2.31. The molecule has 0 saturated carbocycles. The summed E-state index contributed by atoms with van der Waals surface area (Å²) in [6.45, 7) is 4.01. The molecule has 2 N–H and O–H groups in total. The van der Waals surface area contributed by atoms with E-state index in [4.69, 9.17) is 0 Å². The van der Waals surface area contributed by atoms with E-state index in [9.17, 15) is 4.79 Å². The first-order valence-corrected chi connectivity index (χ1v) is 8.38. The van der Waals surface area contributed by atoms with Crippen LogP contribution in [0.2, 0.25) is 0 Å². The molecule has 0 bridgehead atoms. The summed E-state index contributed by atoms with van der Waals surface area (Å²) in [5.41, 5.74) is 4.12. The van der Waals surface area contributed by atoms with Gasteiger partial charge in [0.1, 0.15) is 11.9 Å². The maximum Gasteiger partial charge on any atom is 0.221 e. The second kappa shape index (κ2) is 7.34. The molecule has 2 heterocycles. The molecule has 0 radical (unpaired) electrons. The normalized spacial score (nSPS) is 12.1. The lowest BCUT2D eigenvalue weighted by Gasteiger charge is -2.19. The van der Waals surface area contributed by atoms with E-state index < -0.39 is 0 Å². The lowest BCUT2D eigenvalue weighted by molar-refractivity contribution is -0.121. The van der Waals surface area contributed by atoms with Gasteiger partial charge in [-0.2, -0.15) is 5.10 Å². The number of aryl methyl sites for hydroxylation is 3. The Balaban J connectivity index is 1.73. The Bertz CT molecular complexity index is 850. The van der Waals surface area contributed by atoms with Gasteiger partial charge in [0.05, 0.1) is 5.69 Å². The van der Waals surface area contributed by atoms with Crippen molar-refractivity contribution in [1.82, 2.24) is 25.1 Å². The fourth-order valence-corrected chi connectivity index (χ4v) is 2.84. The van der Waals surface area contributed by atoms with Crippen LogP contribution in [0.3, 0.4) is 0 Å². The van der Waals surface area contributed by atoms with Crippen LogP contribution in [-0.4, -0.2) is 25.7 Å². The van der Waals surface area contributed by atoms with Gasteiger partial charge in [-0.3, -0.25) is 9.89 Å². The average molecular weight is 337 g/mol. The third-order valence-electron chi connectivity index (χ3n) is 4.50. The number of imidazole rings is 1. The van der Waals surface area contributed by atoms with Gasteiger partial charge in [-0.05, 0) is 25.0 Å². The van der Waals surface area contributed by atoms with Crippen LogP contribution < -0.4 is 5.32 Å². The molecule has 3 aromatic rings. The van der Waals surface area contributed by atoms with Crippen molar-refractivity contribution in [3.8, 4) is 0 Å². The van der Waals surface area contributed by atoms with Crippen molar-refractivity contribution in [3.05, 3.63) is 71.1 Å². The highest BCUT2D eigenvalue weighted by Crippen LogP contribution is 2.20. The van der Waals surface area contributed by atoms with Crippen molar-refractivity contribution in [1.29, 1.82) is 0 Å². The molecule has 3 rings (SSSR count). The van der Waals surface area contributed by atoms with Crippen molar-refractivity contribution >= 4 is 5.91 Å². The van der Waals surface area contributed by atoms with E-state index >= 15 is 0 Å². The average Bonchev–Trinajstić information content (AvgIpc) is 3.18. The van der Waals surface area contributed by atoms with E-state index in [0.29, 0.717) is 12.8 Å². The van der Waals surface area contributed by atoms with Crippen LogP contribution in [0.25, 0.3) is 0 Å². The van der Waals surface area contributed by atoms with E-state index in [-0.39, 0.29) is 11.9 Å². The van der Waals surface area contributed by atoms with Crippen LogP contribution in [-0.2, 0) is 18.3 Å². The Hall–Kier alpha value is -2.89. The highest BCUT2D eigenvalue weighted by Gasteiger charge is 2.20. The van der Waals surface area contributed by atoms with E-state index in [1.54, 1.807) is 6.20 Å². The molecule has 25 heavy (non-hydrogen) atoms. The van der Waals surface area contributed by atoms with E-state index in [0.717, 1.165) is 28.3 Å². The SMILES string of the molecule is Cc1[nH]nc(CCC(=O)N[C@@H](c2ccccc2)c2nccn2C)c1C. The molecule has 0 aliphatic carbocycles. The molecule has 1 amide bonds. The Kier molecular flexibility index (Phi) is 4.97. The van der Waals surface area contributed by atoms with Gasteiger partial charge in [-0.15, -0.1) is 0 Å². The second-order valence-corrected chi connectivity index (χ2v) is 6.23. The Morgan fingerprint density at radius 3 is 2.64 bits per heavy atom. The number of nitrogens with one attached hydrogen (secondary N) is 2. The number of H-pyrrole nitrogens is 1. The first kappa shape index (κ1) is 17.0. The fourth-order valence-electron chi connectivity index (χ4n) is 2.84. The number of aromatic amines is 1. The summed E-state index contributed by atoms with van der Waals surface area (Å²) in [6.07, 6.45) is 4.63. The van der Waals surface area contributed by atoms with Gasteiger partial charge in [0, 0.05) is 38.0 Å². The molecule has 0 aliphatic rings. The molecule has 6 heteroatoms. The quantitative estimate of drug-likeness (QED) is 0.726. The van der Waals surface area contributed by atoms with Crippen LogP contribution in [0.1, 0.15) is 40.8 Å². The first-order valence-electron chi connectivity index (χ1n) is 8.38. The van der Waals surface area contributed by atoms with Crippen LogP contribution in [0, 0.1) is 13.8 Å². The molecule has 0 spiro atoms. The molecule has 0 aliphatic heterocycles. The number of hydrogen-bond acceptors (Lipinski definition) is 3. The highest BCUT2D eigenvalue weighted by molar-refractivity contribution is 5.77. The molecule has 130 valence electrons. The van der Waals surface area contributed by atoms with E-state index in [2.05, 4.69) is 20.5 Å². The zero-order valence-corrected chi connectivity index (χ0v) is 14.8. The summed E-state index contributed by atoms with van der Waals surface area (Å²) in [5.74, 6) is 0.795. The van der Waals surface area contributed by atoms with E-state index in [1.807, 2.05) is 62.0 Å². The number of carbonyl (C=O) groups excluding carboxylic acids is 1. The summed E-state index contributed by atoms with van der Waals surface area (Å²) in [7, 11) is 1.93. The molecular weight excluding hydrogens is 314 g/mol. The summed E-state index contributed by atoms with van der Waals surface area (Å²) in [4.78, 5) is 17.0. The molecular formula is C19H23N5O. The van der Waals surface area contributed by atoms with Crippen LogP contribution in [0.15, 0.2) is 42.7 Å². The summed E-state index contributed by atoms with van der Waals surface area (Å²) < 4.78 is 1.93. The van der Waals surface area contributed by atoms with Crippen molar-refractivity contribution in [3.63, 3.8) is 0 Å². The van der Waals surface area contributed by atoms with Crippen LogP contribution in [0.4, 0.5) is 0 Å². The predicted octanol–water partition coefficient (Wildman–Crippen LogP) is 2.60. The largest absolute Gasteiger partial charge is 0.342 e. The minimum atomic E-state index is -0.268. The molecule has 0 saturated heterocycles. The van der Waals surface area contributed by atoms with Crippen molar-refractivity contribution in [2.45, 2.75) is 32.7 Å². The number of benzene rings is 1. The van der Waals surface area contributed by atoms with Crippen molar-refractivity contribution < 1.29 is 4.79 Å². The summed E-state index contributed by atoms with van der Waals surface area (Å²) in [6, 6.07) is 9.63. The molecule has 2 aromatic heterocycles. The summed E-state index contributed by atoms with van der Waals surface area (Å²) >= 11 is 0. The Labute approximate surface area is 147 Å². The molecule has 0 unspecified atom stereocenters. The maximum absolute atomic E-state index is 12.5. The molecule has 1 atom stereocenters. The van der Waals surface area contributed by atoms with E-state index in [1.165, 1.54) is 0 Å². The number of nitrogens with zero attached hydrogens (tertiary/aromatic N) is 3. The van der Waals surface area contributed by atoms with Crippen molar-refractivity contribution in [2.24, 2.45) is 7.05 Å². The van der Waals surface area contributed by atoms with Crippen LogP contribution in [0.5, 0.6) is 0 Å². The minimum Gasteiger partial charge on any atom is -0.342 e. The van der Waals surface area contributed by atoms with Crippen molar-refractivity contribution in [2.75, 3.05) is 0 Å². The molecule has 0 fully saturated rings. The third kappa shape index (κ3) is 3.79. The summed E-state index contributed by atoms with van der Waals surface area (Å²) in [5, 5.41) is 10.3. The Morgan fingerprint density at radius 1 is 1.28 bits per heavy atom. The first-order chi connectivity index (χ1) is 12.1. The predicted molar refractivity (Wildman–Crippen MR) is 96.0 cm³/mol. The second-order valence-electron chi connectivity index (χ2n) is 6.23. The van der Waals surface area contributed by atoms with Gasteiger partial charge in [0.2, 0.25) is 5.91 Å². The lowest BCUT2D eigenvalue weighted by atomic mass is 10.1. The fraction of sp³-hybridized carbons (Fsp3) is 0.316. The topological polar surface area (TPSA) is 75.6 Å². The number of amides is 1. The number of carbonyl (C=O) groups is 1. The maximum atomic E-state index is 12.5. The van der Waals surface area contributed by atoms with Gasteiger partial charge < -0.3 is 9.88 Å². The van der Waals surface area contributed by atoms with Gasteiger partial charge in [0.25, 0.3) is 0 Å². The van der Waals surface area contributed by atoms with Gasteiger partial charge in [-0.1, -0.05) is 30.3 Å². The number of rotatable bonds is 6. The Morgan fingerprint density at radius 2 is 2.04 bits per heavy atom. The molecule has 1 aromatic carbocycles. The van der Waals surface area contributed by atoms with Gasteiger partial charge in [-0.25, -0.2) is 4.98 Å². The minimum absolute atomic E-state index is 0.0168. The monoisotopic (exact) mass is 337 g/mol. The highest BCUT2D eigenvalue weighted by atomic mass is 16.1. The third-order valence-corrected chi connectivity index (χ3v) is 4.50. The standard InChI is InChI=1S/C19H23N5O/c1-13-14(2)22-23-16(13)9-10-17(25)21-18(15-7-5-4-6-8-15)19-20-11-12-24(19)3/h4-8,11-12,18H,9-10H2,1-3H3,(H,21,25)(H,22,23)/t18-/m0/s1. The van der Waals surface area contributed by atoms with Gasteiger partial charge in [0.15, 0.2) is 0 Å². The zero-order valence-electron chi connectivity index (χ0n) is 14.8. The zero-order chi connectivity index (χ0) is 17.8. The molecule has 6 nitrogen and oxygen atoms in total.